The lowest BCUT2D eigenvalue weighted by atomic mass is 10.1. The number of hydrogen-bond donors (Lipinski definition) is 1. The fourth-order valence-corrected chi connectivity index (χ4v) is 1.39. The topological polar surface area (TPSA) is 81.5 Å². The van der Waals surface area contributed by atoms with Crippen molar-refractivity contribution in [3.05, 3.63) is 46.5 Å². The van der Waals surface area contributed by atoms with Crippen LogP contribution in [0.3, 0.4) is 0 Å². The molecule has 0 aliphatic heterocycles. The number of carbonyl (C=O) groups excluding carboxylic acids is 1. The van der Waals surface area contributed by atoms with Gasteiger partial charge in [0, 0.05) is 12.6 Å². The second-order valence-electron chi connectivity index (χ2n) is 3.48. The van der Waals surface area contributed by atoms with Gasteiger partial charge in [-0.1, -0.05) is 6.08 Å². The smallest absolute Gasteiger partial charge is 0.337 e. The maximum absolute atomic E-state index is 11.3. The number of nitrogens with zero attached hydrogens (tertiary/aromatic N) is 1. The minimum Gasteiger partial charge on any atom is -0.465 e. The number of nitro groups is 1. The first-order valence-electron chi connectivity index (χ1n) is 5.31. The largest absolute Gasteiger partial charge is 0.465 e. The summed E-state index contributed by atoms with van der Waals surface area (Å²) in [4.78, 5) is 21.7. The summed E-state index contributed by atoms with van der Waals surface area (Å²) in [5.41, 5.74) is 0.487. The van der Waals surface area contributed by atoms with Crippen LogP contribution in [0, 0.1) is 10.1 Å². The molecular weight excluding hydrogens is 236 g/mol. The number of methoxy groups -OCH3 is 1. The Morgan fingerprint density at radius 1 is 1.61 bits per heavy atom. The monoisotopic (exact) mass is 250 g/mol. The van der Waals surface area contributed by atoms with E-state index in [4.69, 9.17) is 0 Å². The van der Waals surface area contributed by atoms with Crippen LogP contribution in [0.4, 0.5) is 11.4 Å². The van der Waals surface area contributed by atoms with E-state index in [1.54, 1.807) is 6.08 Å². The Kier molecular flexibility index (Phi) is 4.86. The van der Waals surface area contributed by atoms with E-state index in [0.717, 1.165) is 0 Å². The minimum absolute atomic E-state index is 0.0771. The maximum atomic E-state index is 11.3. The average Bonchev–Trinajstić information content (AvgIpc) is 2.37. The van der Waals surface area contributed by atoms with Crippen molar-refractivity contribution in [3.63, 3.8) is 0 Å². The van der Waals surface area contributed by atoms with Crippen molar-refractivity contribution < 1.29 is 14.5 Å². The normalized spacial score (nSPS) is 9.61. The van der Waals surface area contributed by atoms with Crippen molar-refractivity contribution in [1.29, 1.82) is 0 Å². The van der Waals surface area contributed by atoms with E-state index in [1.165, 1.54) is 25.3 Å². The van der Waals surface area contributed by atoms with E-state index >= 15 is 0 Å². The van der Waals surface area contributed by atoms with Crippen LogP contribution in [0.1, 0.15) is 16.8 Å². The Bertz CT molecular complexity index is 471. The summed E-state index contributed by atoms with van der Waals surface area (Å²) in [5.74, 6) is -0.531. The van der Waals surface area contributed by atoms with Crippen molar-refractivity contribution >= 4 is 17.3 Å². The van der Waals surface area contributed by atoms with E-state index in [1.807, 2.05) is 0 Å². The third kappa shape index (κ3) is 3.31. The molecule has 0 bridgehead atoms. The number of benzene rings is 1. The number of anilines is 1. The van der Waals surface area contributed by atoms with Crippen LogP contribution in [-0.4, -0.2) is 24.5 Å². The first-order valence-corrected chi connectivity index (χ1v) is 5.31. The van der Waals surface area contributed by atoms with Crippen LogP contribution in [0.15, 0.2) is 30.9 Å². The Balaban J connectivity index is 3.03. The van der Waals surface area contributed by atoms with Gasteiger partial charge < -0.3 is 10.1 Å². The van der Waals surface area contributed by atoms with E-state index in [2.05, 4.69) is 16.6 Å². The molecule has 18 heavy (non-hydrogen) atoms. The SMILES string of the molecule is C=CCCNc1cc(C(=O)OC)ccc1[N+](=O)[O-]. The summed E-state index contributed by atoms with van der Waals surface area (Å²) in [6.45, 7) is 4.07. The number of ether oxygens (including phenoxy) is 1. The van der Waals surface area contributed by atoms with Gasteiger partial charge >= 0.3 is 5.97 Å². The summed E-state index contributed by atoms with van der Waals surface area (Å²) >= 11 is 0. The lowest BCUT2D eigenvalue weighted by Crippen LogP contribution is -2.07. The number of esters is 1. The standard InChI is InChI=1S/C12H14N2O4/c1-3-4-7-13-10-8-9(12(15)18-2)5-6-11(10)14(16)17/h3,5-6,8,13H,1,4,7H2,2H3. The first kappa shape index (κ1) is 13.7. The van der Waals surface area contributed by atoms with E-state index in [0.29, 0.717) is 18.7 Å². The molecule has 6 heteroatoms. The molecule has 0 spiro atoms. The number of carbonyl (C=O) groups is 1. The van der Waals surface area contributed by atoms with Crippen molar-refractivity contribution in [3.8, 4) is 0 Å². The Morgan fingerprint density at radius 2 is 2.33 bits per heavy atom. The molecule has 1 aromatic rings. The highest BCUT2D eigenvalue weighted by molar-refractivity contribution is 5.91. The van der Waals surface area contributed by atoms with Gasteiger partial charge in [0.05, 0.1) is 17.6 Å². The summed E-state index contributed by atoms with van der Waals surface area (Å²) in [6.07, 6.45) is 2.36. The number of rotatable bonds is 6. The molecule has 0 amide bonds. The van der Waals surface area contributed by atoms with Crippen molar-refractivity contribution in [1.82, 2.24) is 0 Å². The molecule has 0 aliphatic carbocycles. The maximum Gasteiger partial charge on any atom is 0.337 e. The van der Waals surface area contributed by atoms with Gasteiger partial charge in [0.15, 0.2) is 0 Å². The zero-order valence-corrected chi connectivity index (χ0v) is 10.0. The van der Waals surface area contributed by atoms with E-state index in [-0.39, 0.29) is 11.3 Å². The molecule has 96 valence electrons. The van der Waals surface area contributed by atoms with Gasteiger partial charge in [0.1, 0.15) is 5.69 Å². The molecule has 6 nitrogen and oxygen atoms in total. The van der Waals surface area contributed by atoms with Crippen molar-refractivity contribution in [2.24, 2.45) is 0 Å². The lowest BCUT2D eigenvalue weighted by molar-refractivity contribution is -0.384. The highest BCUT2D eigenvalue weighted by Gasteiger charge is 2.16. The Morgan fingerprint density at radius 3 is 2.89 bits per heavy atom. The predicted molar refractivity (Wildman–Crippen MR) is 67.7 cm³/mol. The first-order chi connectivity index (χ1) is 8.60. The fraction of sp³-hybridized carbons (Fsp3) is 0.250. The fourth-order valence-electron chi connectivity index (χ4n) is 1.39. The summed E-state index contributed by atoms with van der Waals surface area (Å²) in [5, 5.41) is 13.7. The molecular formula is C12H14N2O4. The van der Waals surface area contributed by atoms with Gasteiger partial charge in [-0.25, -0.2) is 4.79 Å². The second-order valence-corrected chi connectivity index (χ2v) is 3.48. The molecule has 1 aromatic carbocycles. The van der Waals surface area contributed by atoms with Crippen molar-refractivity contribution in [2.45, 2.75) is 6.42 Å². The highest BCUT2D eigenvalue weighted by Crippen LogP contribution is 2.25. The molecule has 0 saturated carbocycles. The number of hydrogen-bond acceptors (Lipinski definition) is 5. The second kappa shape index (κ2) is 6.39. The van der Waals surface area contributed by atoms with E-state index in [9.17, 15) is 14.9 Å². The summed E-state index contributed by atoms with van der Waals surface area (Å²) in [7, 11) is 1.26. The van der Waals surface area contributed by atoms with Crippen molar-refractivity contribution in [2.75, 3.05) is 19.0 Å². The van der Waals surface area contributed by atoms with Gasteiger partial charge in [-0.05, 0) is 18.6 Å². The van der Waals surface area contributed by atoms with Crippen LogP contribution < -0.4 is 5.32 Å². The number of nitro benzene ring substituents is 1. The van der Waals surface area contributed by atoms with Gasteiger partial charge in [-0.15, -0.1) is 6.58 Å². The zero-order valence-electron chi connectivity index (χ0n) is 10.0. The predicted octanol–water partition coefficient (Wildman–Crippen LogP) is 2.37. The minimum atomic E-state index is -0.531. The molecule has 0 saturated heterocycles. The highest BCUT2D eigenvalue weighted by atomic mass is 16.6. The van der Waals surface area contributed by atoms with Crippen LogP contribution in [-0.2, 0) is 4.74 Å². The third-order valence-electron chi connectivity index (χ3n) is 2.28. The number of nitrogens with one attached hydrogen (secondary N) is 1. The molecule has 0 aromatic heterocycles. The lowest BCUT2D eigenvalue weighted by Gasteiger charge is -2.07. The Labute approximate surface area is 104 Å². The average molecular weight is 250 g/mol. The van der Waals surface area contributed by atoms with Crippen LogP contribution >= 0.6 is 0 Å². The summed E-state index contributed by atoms with van der Waals surface area (Å²) in [6, 6.07) is 4.05. The van der Waals surface area contributed by atoms with E-state index < -0.39 is 10.9 Å². The van der Waals surface area contributed by atoms with Gasteiger partial charge in [0.25, 0.3) is 5.69 Å². The van der Waals surface area contributed by atoms with Crippen LogP contribution in [0.5, 0.6) is 0 Å². The molecule has 0 atom stereocenters. The van der Waals surface area contributed by atoms with Gasteiger partial charge in [-0.3, -0.25) is 10.1 Å². The zero-order chi connectivity index (χ0) is 13.5. The molecule has 0 unspecified atom stereocenters. The summed E-state index contributed by atoms with van der Waals surface area (Å²) < 4.78 is 4.56. The Hall–Kier alpha value is -2.37. The third-order valence-corrected chi connectivity index (χ3v) is 2.28. The van der Waals surface area contributed by atoms with Gasteiger partial charge in [0.2, 0.25) is 0 Å². The molecule has 1 N–H and O–H groups in total. The van der Waals surface area contributed by atoms with Crippen LogP contribution in [0.2, 0.25) is 0 Å². The molecule has 0 heterocycles. The van der Waals surface area contributed by atoms with Gasteiger partial charge in [-0.2, -0.15) is 0 Å². The molecule has 0 fully saturated rings. The molecule has 0 radical (unpaired) electrons. The molecule has 1 rings (SSSR count). The quantitative estimate of drug-likeness (QED) is 0.275. The van der Waals surface area contributed by atoms with Crippen LogP contribution in [0.25, 0.3) is 0 Å². The molecule has 0 aliphatic rings.